The Labute approximate surface area is 370 Å². The molecule has 4 atom stereocenters. The van der Waals surface area contributed by atoms with Crippen molar-refractivity contribution in [1.29, 1.82) is 0 Å². The number of para-hydroxylation sites is 3. The van der Waals surface area contributed by atoms with Crippen molar-refractivity contribution in [3.63, 3.8) is 0 Å². The highest BCUT2D eigenvalue weighted by Gasteiger charge is 2.57. The summed E-state index contributed by atoms with van der Waals surface area (Å²) in [5.41, 5.74) is 20.5. The van der Waals surface area contributed by atoms with Crippen LogP contribution in [0.2, 0.25) is 0 Å². The maximum Gasteiger partial charge on any atom is 0.143 e. The van der Waals surface area contributed by atoms with E-state index in [1.807, 2.05) is 0 Å². The Kier molecular flexibility index (Phi) is 8.51. The first-order valence-corrected chi connectivity index (χ1v) is 23.2. The highest BCUT2D eigenvalue weighted by Crippen LogP contribution is 2.66. The lowest BCUT2D eigenvalue weighted by molar-refractivity contribution is 0.324. The minimum atomic E-state index is 0.0842. The van der Waals surface area contributed by atoms with Crippen molar-refractivity contribution >= 4 is 44.5 Å². The first-order valence-electron chi connectivity index (χ1n) is 23.2. The van der Waals surface area contributed by atoms with Crippen LogP contribution < -0.4 is 4.90 Å². The molecule has 1 aromatic heterocycles. The molecule has 7 aromatic carbocycles. The topological polar surface area (TPSA) is 16.4 Å². The second-order valence-electron chi connectivity index (χ2n) is 18.6. The number of hydrogen-bond donors (Lipinski definition) is 0. The maximum absolute atomic E-state index is 6.63. The second kappa shape index (κ2) is 14.6. The number of benzene rings is 7. The molecular formula is C61H49NO. The molecule has 63 heavy (non-hydrogen) atoms. The van der Waals surface area contributed by atoms with E-state index in [1.54, 1.807) is 16.7 Å². The monoisotopic (exact) mass is 811 g/mol. The van der Waals surface area contributed by atoms with Gasteiger partial charge in [0.2, 0.25) is 0 Å². The minimum absolute atomic E-state index is 0.0842. The molecule has 0 N–H and O–H groups in total. The lowest BCUT2D eigenvalue weighted by Gasteiger charge is -2.40. The van der Waals surface area contributed by atoms with Crippen molar-refractivity contribution in [2.75, 3.05) is 4.90 Å². The number of rotatable bonds is 7. The van der Waals surface area contributed by atoms with E-state index in [-0.39, 0.29) is 11.5 Å². The van der Waals surface area contributed by atoms with E-state index in [4.69, 9.17) is 4.42 Å². The van der Waals surface area contributed by atoms with Crippen molar-refractivity contribution in [2.24, 2.45) is 11.8 Å². The zero-order valence-corrected chi connectivity index (χ0v) is 35.5. The largest absolute Gasteiger partial charge is 0.455 e. The van der Waals surface area contributed by atoms with Crippen LogP contribution in [0.4, 0.5) is 11.4 Å². The highest BCUT2D eigenvalue weighted by molar-refractivity contribution is 6.09. The lowest BCUT2D eigenvalue weighted by Crippen LogP contribution is -2.35. The number of nitrogens with zero attached hydrogens (tertiary/aromatic N) is 1. The summed E-state index contributed by atoms with van der Waals surface area (Å²) in [5, 5.41) is 2.30. The Hall–Kier alpha value is -6.90. The Balaban J connectivity index is 0.990. The van der Waals surface area contributed by atoms with Crippen LogP contribution in [0.1, 0.15) is 61.6 Å². The Morgan fingerprint density at radius 2 is 1.27 bits per heavy atom. The molecule has 1 spiro atoms. The molecule has 0 aliphatic heterocycles. The Morgan fingerprint density at radius 3 is 2.08 bits per heavy atom. The Bertz CT molecular complexity index is 3260. The predicted octanol–water partition coefficient (Wildman–Crippen LogP) is 16.3. The van der Waals surface area contributed by atoms with E-state index in [9.17, 15) is 0 Å². The summed E-state index contributed by atoms with van der Waals surface area (Å²) >= 11 is 0. The molecule has 0 saturated heterocycles. The average Bonchev–Trinajstić information content (AvgIpc) is 4.14. The summed E-state index contributed by atoms with van der Waals surface area (Å²) < 4.78 is 6.63. The molecule has 4 unspecified atom stereocenters. The zero-order valence-electron chi connectivity index (χ0n) is 35.5. The molecule has 2 fully saturated rings. The van der Waals surface area contributed by atoms with Crippen LogP contribution in [0.15, 0.2) is 204 Å². The summed E-state index contributed by atoms with van der Waals surface area (Å²) in [7, 11) is 0. The van der Waals surface area contributed by atoms with Crippen LogP contribution in [-0.2, 0) is 5.41 Å². The minimum Gasteiger partial charge on any atom is -0.455 e. The molecule has 13 rings (SSSR count). The Morgan fingerprint density at radius 1 is 0.571 bits per heavy atom. The molecular weight excluding hydrogens is 763 g/mol. The average molecular weight is 812 g/mol. The van der Waals surface area contributed by atoms with E-state index >= 15 is 0 Å². The van der Waals surface area contributed by atoms with Gasteiger partial charge in [0.05, 0.1) is 6.04 Å². The molecule has 0 radical (unpaired) electrons. The van der Waals surface area contributed by atoms with Crippen molar-refractivity contribution in [3.8, 4) is 33.4 Å². The van der Waals surface area contributed by atoms with Gasteiger partial charge in [-0.05, 0) is 130 Å². The molecule has 2 bridgehead atoms. The summed E-state index contributed by atoms with van der Waals surface area (Å²) in [6.45, 7) is 0. The van der Waals surface area contributed by atoms with Gasteiger partial charge in [0.15, 0.2) is 0 Å². The quantitative estimate of drug-likeness (QED) is 0.159. The van der Waals surface area contributed by atoms with E-state index < -0.39 is 0 Å². The molecule has 5 aliphatic rings. The number of anilines is 2. The lowest BCUT2D eigenvalue weighted by atomic mass is 9.65. The van der Waals surface area contributed by atoms with Gasteiger partial charge in [0.25, 0.3) is 0 Å². The molecule has 2 nitrogen and oxygen atoms in total. The normalized spacial score (nSPS) is 22.0. The van der Waals surface area contributed by atoms with E-state index in [1.165, 1.54) is 76.0 Å². The van der Waals surface area contributed by atoms with Crippen LogP contribution in [0.25, 0.3) is 66.5 Å². The first kappa shape index (κ1) is 36.7. The molecule has 2 heteroatoms. The fourth-order valence-electron chi connectivity index (χ4n) is 12.8. The van der Waals surface area contributed by atoms with Gasteiger partial charge in [-0.15, -0.1) is 0 Å². The van der Waals surface area contributed by atoms with Crippen LogP contribution in [-0.4, -0.2) is 6.04 Å². The SMILES string of the molecule is C1=CC(c2ccccc2-c2ccccc2-c2ccccc2N(c2cccc(-c3cccc4c3oc3ccccc34)c2)C2C=CC3=C(C2)c2ccccc2C32CC3CCC2C3)=CCC1. The standard InChI is InChI=1S/C61H49NO/c1-2-16-41(17-3-1)46-20-4-5-21-48(46)49-22-6-7-23-50(49)52-25-9-12-30-58(52)62(44-19-14-18-42(37-44)47-27-15-28-54-53-26-10-13-31-59(53)63-60(47)54)45-34-35-57-55(38-45)51-24-8-11-29-56(51)61(57)39-40-32-33-43(61)36-40/h2,4-31,34-35,37,40,43,45H,1,3,32-33,36,38-39H2. The third-order valence-corrected chi connectivity index (χ3v) is 15.4. The number of allylic oxidation sites excluding steroid dienone is 6. The van der Waals surface area contributed by atoms with Gasteiger partial charge >= 0.3 is 0 Å². The van der Waals surface area contributed by atoms with Crippen LogP contribution >= 0.6 is 0 Å². The van der Waals surface area contributed by atoms with Gasteiger partial charge in [-0.3, -0.25) is 0 Å². The van der Waals surface area contributed by atoms with Crippen LogP contribution in [0.5, 0.6) is 0 Å². The van der Waals surface area contributed by atoms with Crippen LogP contribution in [0, 0.1) is 11.8 Å². The van der Waals surface area contributed by atoms with Gasteiger partial charge in [0, 0.05) is 38.7 Å². The third-order valence-electron chi connectivity index (χ3n) is 15.4. The summed E-state index contributed by atoms with van der Waals surface area (Å²) in [5.74, 6) is 1.59. The molecule has 5 aliphatic carbocycles. The molecule has 1 heterocycles. The van der Waals surface area contributed by atoms with Crippen LogP contribution in [0.3, 0.4) is 0 Å². The number of fused-ring (bicyclic) bond motifs is 10. The van der Waals surface area contributed by atoms with E-state index in [0.717, 1.165) is 64.2 Å². The fraction of sp³-hybridized carbons (Fsp3) is 0.180. The second-order valence-corrected chi connectivity index (χ2v) is 18.6. The van der Waals surface area contributed by atoms with Gasteiger partial charge < -0.3 is 9.32 Å². The van der Waals surface area contributed by atoms with E-state index in [0.29, 0.717) is 0 Å². The fourth-order valence-corrected chi connectivity index (χ4v) is 12.8. The van der Waals surface area contributed by atoms with Gasteiger partial charge in [-0.2, -0.15) is 0 Å². The van der Waals surface area contributed by atoms with E-state index in [2.05, 4.69) is 199 Å². The van der Waals surface area contributed by atoms with Crippen molar-refractivity contribution in [3.05, 3.63) is 216 Å². The van der Waals surface area contributed by atoms with Crippen molar-refractivity contribution < 1.29 is 4.42 Å². The summed E-state index contributed by atoms with van der Waals surface area (Å²) in [6.07, 6.45) is 20.7. The van der Waals surface area contributed by atoms with Gasteiger partial charge in [-0.1, -0.05) is 176 Å². The third kappa shape index (κ3) is 5.70. The smallest absolute Gasteiger partial charge is 0.143 e. The molecule has 0 amide bonds. The predicted molar refractivity (Wildman–Crippen MR) is 263 cm³/mol. The molecule has 8 aromatic rings. The zero-order chi connectivity index (χ0) is 41.5. The van der Waals surface area contributed by atoms with Crippen molar-refractivity contribution in [2.45, 2.75) is 56.4 Å². The van der Waals surface area contributed by atoms with Crippen molar-refractivity contribution in [1.82, 2.24) is 0 Å². The maximum atomic E-state index is 6.63. The number of hydrogen-bond acceptors (Lipinski definition) is 2. The summed E-state index contributed by atoms with van der Waals surface area (Å²) in [4.78, 5) is 2.65. The summed E-state index contributed by atoms with van der Waals surface area (Å²) in [6, 6.07) is 60.9. The first-order chi connectivity index (χ1) is 31.2. The van der Waals surface area contributed by atoms with Gasteiger partial charge in [0.1, 0.15) is 11.2 Å². The highest BCUT2D eigenvalue weighted by atomic mass is 16.3. The molecule has 304 valence electrons. The molecule has 2 saturated carbocycles. The van der Waals surface area contributed by atoms with Gasteiger partial charge in [-0.25, -0.2) is 0 Å². The number of furan rings is 1.